The number of pyridine rings is 1. The molecule has 3 fully saturated rings. The second-order valence-electron chi connectivity index (χ2n) is 9.16. The molecule has 0 aromatic carbocycles. The van der Waals surface area contributed by atoms with Gasteiger partial charge in [0.25, 0.3) is 0 Å². The Hall–Kier alpha value is -4.26. The van der Waals surface area contributed by atoms with Crippen LogP contribution in [0.3, 0.4) is 0 Å². The topological polar surface area (TPSA) is 141 Å². The third-order valence-electron chi connectivity index (χ3n) is 7.44. The van der Waals surface area contributed by atoms with Gasteiger partial charge >= 0.3 is 5.97 Å². The standard InChI is InChI=1S/C25H21FN6O3/c26-20-19(17-2-1-7-35-17)14(8-27)22(15-10-29-23-16(15)9-28-11-30-23)32-24(20)31-21-13-5-3-12(4-6-13)18(21)25(33)34/h1-2,7,9-13,18,21H,3-6H2,(H,31,32)(H,33,34)(H,28,29,30)/t12?,13?,18-,21-/m0/s1. The van der Waals surface area contributed by atoms with Crippen molar-refractivity contribution in [2.45, 2.75) is 31.7 Å². The Morgan fingerprint density at radius 3 is 2.80 bits per heavy atom. The quantitative estimate of drug-likeness (QED) is 0.383. The van der Waals surface area contributed by atoms with Crippen molar-refractivity contribution in [1.29, 1.82) is 5.26 Å². The van der Waals surface area contributed by atoms with Crippen molar-refractivity contribution in [3.8, 4) is 28.7 Å². The third kappa shape index (κ3) is 3.34. The van der Waals surface area contributed by atoms with Crippen LogP contribution in [0.2, 0.25) is 0 Å². The van der Waals surface area contributed by atoms with Crippen molar-refractivity contribution < 1.29 is 18.7 Å². The van der Waals surface area contributed by atoms with Crippen LogP contribution in [0, 0.1) is 34.9 Å². The molecular formula is C25H21FN6O3. The second-order valence-corrected chi connectivity index (χ2v) is 9.16. The summed E-state index contributed by atoms with van der Waals surface area (Å²) in [5, 5.41) is 23.8. The van der Waals surface area contributed by atoms with E-state index in [2.05, 4.69) is 31.3 Å². The maximum Gasteiger partial charge on any atom is 0.308 e. The SMILES string of the molecule is N#Cc1c(-c2c[nH]c3ncncc23)nc(N[C@H]2C3CCC(CC3)[C@@H]2C(=O)O)c(F)c1-c1ccco1. The van der Waals surface area contributed by atoms with E-state index < -0.39 is 23.7 Å². The number of hydrogen-bond donors (Lipinski definition) is 3. The van der Waals surface area contributed by atoms with Gasteiger partial charge in [-0.3, -0.25) is 4.79 Å². The number of nitriles is 1. The molecule has 176 valence electrons. The summed E-state index contributed by atoms with van der Waals surface area (Å²) in [5.74, 6) is -2.02. The van der Waals surface area contributed by atoms with E-state index in [0.717, 1.165) is 25.7 Å². The number of furan rings is 1. The van der Waals surface area contributed by atoms with Crippen LogP contribution in [0.15, 0.2) is 41.5 Å². The summed E-state index contributed by atoms with van der Waals surface area (Å²) >= 11 is 0. The molecule has 0 saturated heterocycles. The molecule has 3 aliphatic rings. The van der Waals surface area contributed by atoms with Gasteiger partial charge in [-0.05, 0) is 49.7 Å². The van der Waals surface area contributed by atoms with Gasteiger partial charge in [0.2, 0.25) is 0 Å². The first-order valence-corrected chi connectivity index (χ1v) is 11.5. The van der Waals surface area contributed by atoms with Gasteiger partial charge in [0, 0.05) is 29.4 Å². The predicted octanol–water partition coefficient (Wildman–Crippen LogP) is 4.59. The Morgan fingerprint density at radius 1 is 1.29 bits per heavy atom. The monoisotopic (exact) mass is 472 g/mol. The van der Waals surface area contributed by atoms with E-state index in [1.54, 1.807) is 24.5 Å². The van der Waals surface area contributed by atoms with Crippen molar-refractivity contribution in [3.05, 3.63) is 48.5 Å². The van der Waals surface area contributed by atoms with E-state index in [0.29, 0.717) is 16.6 Å². The minimum absolute atomic E-state index is 0.00713. The lowest BCUT2D eigenvalue weighted by molar-refractivity contribution is -0.148. The largest absolute Gasteiger partial charge is 0.481 e. The molecule has 0 radical (unpaired) electrons. The number of aromatic amines is 1. The van der Waals surface area contributed by atoms with Crippen molar-refractivity contribution >= 4 is 22.8 Å². The van der Waals surface area contributed by atoms with Gasteiger partial charge in [-0.25, -0.2) is 19.3 Å². The van der Waals surface area contributed by atoms with Gasteiger partial charge in [-0.1, -0.05) is 0 Å². The molecule has 3 aliphatic carbocycles. The second kappa shape index (κ2) is 8.20. The molecule has 4 aromatic rings. The predicted molar refractivity (Wildman–Crippen MR) is 123 cm³/mol. The minimum Gasteiger partial charge on any atom is -0.481 e. The lowest BCUT2D eigenvalue weighted by Gasteiger charge is -2.47. The van der Waals surface area contributed by atoms with Gasteiger partial charge in [0.05, 0.1) is 29.0 Å². The number of carboxylic acid groups (broad SMARTS) is 1. The van der Waals surface area contributed by atoms with Crippen LogP contribution in [0.4, 0.5) is 10.2 Å². The fraction of sp³-hybridized carbons (Fsp3) is 0.320. The number of nitrogens with zero attached hydrogens (tertiary/aromatic N) is 4. The first-order valence-electron chi connectivity index (χ1n) is 11.5. The molecule has 0 amide bonds. The van der Waals surface area contributed by atoms with Gasteiger partial charge in [-0.2, -0.15) is 5.26 Å². The Labute approximate surface area is 199 Å². The highest BCUT2D eigenvalue weighted by atomic mass is 19.1. The van der Waals surface area contributed by atoms with Crippen molar-refractivity contribution in [3.63, 3.8) is 0 Å². The maximum absolute atomic E-state index is 16.0. The number of anilines is 1. The molecular weight excluding hydrogens is 451 g/mol. The number of fused-ring (bicyclic) bond motifs is 4. The lowest BCUT2D eigenvalue weighted by Crippen LogP contribution is -2.51. The van der Waals surface area contributed by atoms with E-state index in [4.69, 9.17) is 4.42 Å². The Kier molecular flexibility index (Phi) is 4.99. The highest BCUT2D eigenvalue weighted by Crippen LogP contribution is 2.47. The highest BCUT2D eigenvalue weighted by Gasteiger charge is 2.47. The molecule has 0 aliphatic heterocycles. The molecule has 0 unspecified atom stereocenters. The summed E-state index contributed by atoms with van der Waals surface area (Å²) < 4.78 is 21.5. The zero-order valence-corrected chi connectivity index (χ0v) is 18.5. The van der Waals surface area contributed by atoms with Gasteiger partial charge in [0.15, 0.2) is 11.6 Å². The Morgan fingerprint density at radius 2 is 2.09 bits per heavy atom. The first kappa shape index (κ1) is 21.3. The number of hydrogen-bond acceptors (Lipinski definition) is 7. The molecule has 3 saturated carbocycles. The van der Waals surface area contributed by atoms with Crippen LogP contribution in [0.5, 0.6) is 0 Å². The minimum atomic E-state index is -0.883. The number of aliphatic carboxylic acids is 1. The summed E-state index contributed by atoms with van der Waals surface area (Å²) in [7, 11) is 0. The van der Waals surface area contributed by atoms with Crippen LogP contribution >= 0.6 is 0 Å². The summed E-state index contributed by atoms with van der Waals surface area (Å²) in [6, 6.07) is 4.82. The maximum atomic E-state index is 16.0. The molecule has 9 nitrogen and oxygen atoms in total. The number of aromatic nitrogens is 4. The molecule has 4 heterocycles. The van der Waals surface area contributed by atoms with E-state index in [9.17, 15) is 15.2 Å². The van der Waals surface area contributed by atoms with Gasteiger partial charge in [0.1, 0.15) is 23.8 Å². The molecule has 10 heteroatoms. The van der Waals surface area contributed by atoms with Crippen LogP contribution in [0.1, 0.15) is 31.2 Å². The summed E-state index contributed by atoms with van der Waals surface area (Å²) in [5.41, 5.74) is 1.30. The van der Waals surface area contributed by atoms with Crippen LogP contribution in [-0.4, -0.2) is 37.1 Å². The van der Waals surface area contributed by atoms with E-state index in [1.807, 2.05) is 0 Å². The zero-order valence-electron chi connectivity index (χ0n) is 18.5. The lowest BCUT2D eigenvalue weighted by atomic mass is 9.61. The Balaban J connectivity index is 1.55. The Bertz CT molecular complexity index is 1470. The van der Waals surface area contributed by atoms with Crippen LogP contribution in [-0.2, 0) is 4.79 Å². The summed E-state index contributed by atoms with van der Waals surface area (Å²) in [4.78, 5) is 28.0. The van der Waals surface area contributed by atoms with Crippen LogP contribution < -0.4 is 5.32 Å². The fourth-order valence-electron chi connectivity index (χ4n) is 5.84. The normalized spacial score (nSPS) is 23.3. The number of rotatable bonds is 5. The number of halogens is 1. The third-order valence-corrected chi connectivity index (χ3v) is 7.44. The smallest absolute Gasteiger partial charge is 0.308 e. The van der Waals surface area contributed by atoms with E-state index in [1.165, 1.54) is 12.6 Å². The number of carboxylic acids is 1. The first-order chi connectivity index (χ1) is 17.1. The van der Waals surface area contributed by atoms with Crippen molar-refractivity contribution in [2.75, 3.05) is 5.32 Å². The highest BCUT2D eigenvalue weighted by molar-refractivity contribution is 5.95. The van der Waals surface area contributed by atoms with E-state index >= 15 is 4.39 Å². The fourth-order valence-corrected chi connectivity index (χ4v) is 5.84. The average Bonchev–Trinajstić information content (AvgIpc) is 3.55. The molecule has 35 heavy (non-hydrogen) atoms. The molecule has 2 atom stereocenters. The van der Waals surface area contributed by atoms with Gasteiger partial charge < -0.3 is 19.8 Å². The zero-order chi connectivity index (χ0) is 24.1. The van der Waals surface area contributed by atoms with Crippen molar-refractivity contribution in [1.82, 2.24) is 19.9 Å². The average molecular weight is 472 g/mol. The van der Waals surface area contributed by atoms with E-state index in [-0.39, 0.29) is 40.2 Å². The van der Waals surface area contributed by atoms with Crippen molar-refractivity contribution in [2.24, 2.45) is 17.8 Å². The molecule has 2 bridgehead atoms. The summed E-state index contributed by atoms with van der Waals surface area (Å²) in [6.45, 7) is 0. The summed E-state index contributed by atoms with van der Waals surface area (Å²) in [6.07, 6.45) is 9.56. The molecule has 7 rings (SSSR count). The van der Waals surface area contributed by atoms with Crippen LogP contribution in [0.25, 0.3) is 33.6 Å². The molecule has 3 N–H and O–H groups in total. The number of carbonyl (C=O) groups is 1. The number of H-pyrrole nitrogens is 1. The number of nitrogens with one attached hydrogen (secondary N) is 2. The molecule has 0 spiro atoms. The van der Waals surface area contributed by atoms with Gasteiger partial charge in [-0.15, -0.1) is 0 Å². The molecule has 4 aromatic heterocycles.